The molecule has 23 heavy (non-hydrogen) atoms. The summed E-state index contributed by atoms with van der Waals surface area (Å²) in [6.07, 6.45) is 0.715. The van der Waals surface area contributed by atoms with E-state index in [2.05, 4.69) is 15.8 Å². The van der Waals surface area contributed by atoms with Gasteiger partial charge in [0.15, 0.2) is 5.96 Å². The second-order valence-electron chi connectivity index (χ2n) is 4.62. The topological polar surface area (TPSA) is 136 Å². The number of aryl methyl sites for hydroxylation is 1. The number of hydrogen-bond acceptors (Lipinski definition) is 4. The number of guanidine groups is 1. The molecule has 124 valence electrons. The van der Waals surface area contributed by atoms with Crippen molar-refractivity contribution in [3.05, 3.63) is 46.2 Å². The predicted octanol–water partition coefficient (Wildman–Crippen LogP) is 1.64. The van der Waals surface area contributed by atoms with Gasteiger partial charge in [0.2, 0.25) is 0 Å². The molecule has 9 heteroatoms. The van der Waals surface area contributed by atoms with Gasteiger partial charge in [-0.25, -0.2) is 0 Å². The number of hydrogen-bond donors (Lipinski definition) is 3. The molecule has 1 aromatic carbocycles. The molecule has 1 heterocycles. The zero-order valence-corrected chi connectivity index (χ0v) is 14.2. The largest absolute Gasteiger partial charge is 0.370 e. The Kier molecular flexibility index (Phi) is 6.43. The van der Waals surface area contributed by atoms with Crippen LogP contribution in [-0.2, 0) is 10.1 Å². The van der Waals surface area contributed by atoms with Crippen molar-refractivity contribution < 1.29 is 17.8 Å². The fourth-order valence-electron chi connectivity index (χ4n) is 1.66. The minimum Gasteiger partial charge on any atom is -0.370 e. The molecule has 0 saturated heterocycles. The zero-order valence-electron chi connectivity index (χ0n) is 12.6. The van der Waals surface area contributed by atoms with Crippen LogP contribution in [-0.4, -0.2) is 31.1 Å². The van der Waals surface area contributed by atoms with E-state index in [4.69, 9.17) is 16.0 Å². The van der Waals surface area contributed by atoms with E-state index in [9.17, 15) is 13.2 Å². The van der Waals surface area contributed by atoms with Crippen LogP contribution < -0.4 is 11.5 Å². The minimum atomic E-state index is -3.67. The summed E-state index contributed by atoms with van der Waals surface area (Å²) in [6.45, 7) is 2.04. The molecule has 0 aliphatic carbocycles. The molecule has 1 aromatic heterocycles. The van der Waals surface area contributed by atoms with E-state index in [-0.39, 0.29) is 5.96 Å². The van der Waals surface area contributed by atoms with Gasteiger partial charge in [0.1, 0.15) is 0 Å². The number of amides is 1. The van der Waals surface area contributed by atoms with E-state index in [1.165, 1.54) is 5.56 Å². The van der Waals surface area contributed by atoms with Gasteiger partial charge in [-0.1, -0.05) is 12.1 Å². The highest BCUT2D eigenvalue weighted by molar-refractivity contribution is 7.85. The lowest BCUT2D eigenvalue weighted by atomic mass is 10.0. The fraction of sp³-hybridized carbons (Fsp3) is 0.143. The van der Waals surface area contributed by atoms with Crippen molar-refractivity contribution >= 4 is 33.3 Å². The maximum absolute atomic E-state index is 11.7. The summed E-state index contributed by atoms with van der Waals surface area (Å²) in [6, 6.07) is 7.27. The number of thiophene rings is 1. The second-order valence-corrected chi connectivity index (χ2v) is 6.83. The van der Waals surface area contributed by atoms with Gasteiger partial charge < -0.3 is 11.5 Å². The van der Waals surface area contributed by atoms with Gasteiger partial charge in [-0.2, -0.15) is 24.7 Å². The molecule has 0 unspecified atom stereocenters. The molecule has 2 rings (SSSR count). The predicted molar refractivity (Wildman–Crippen MR) is 92.1 cm³/mol. The summed E-state index contributed by atoms with van der Waals surface area (Å²) in [7, 11) is -3.67. The van der Waals surface area contributed by atoms with Crippen LogP contribution in [0.3, 0.4) is 0 Å². The Bertz CT molecular complexity index is 814. The van der Waals surface area contributed by atoms with Crippen molar-refractivity contribution in [1.82, 2.24) is 0 Å². The second kappa shape index (κ2) is 7.86. The first-order valence-electron chi connectivity index (χ1n) is 6.27. The van der Waals surface area contributed by atoms with E-state index in [1.807, 2.05) is 19.1 Å². The van der Waals surface area contributed by atoms with E-state index < -0.39 is 16.0 Å². The first-order chi connectivity index (χ1) is 10.6. The van der Waals surface area contributed by atoms with E-state index in [1.54, 1.807) is 23.5 Å². The first kappa shape index (κ1) is 18.8. The smallest absolute Gasteiger partial charge is 0.280 e. The Labute approximate surface area is 138 Å². The number of nitrogens with two attached hydrogens (primary N) is 2. The third kappa shape index (κ3) is 7.04. The highest BCUT2D eigenvalue weighted by Gasteiger charge is 2.08. The van der Waals surface area contributed by atoms with Gasteiger partial charge >= 0.3 is 0 Å². The molecule has 0 fully saturated rings. The lowest BCUT2D eigenvalue weighted by Crippen LogP contribution is -2.24. The maximum atomic E-state index is 11.7. The average Bonchev–Trinajstić information content (AvgIpc) is 2.82. The number of aliphatic imine (C=N–C) groups is 1. The number of nitrogens with zero attached hydrogens (tertiary/aromatic N) is 1. The Morgan fingerprint density at radius 3 is 2.35 bits per heavy atom. The number of rotatable bonds is 2. The number of carbonyl (C=O) groups is 1. The lowest BCUT2D eigenvalue weighted by molar-refractivity contribution is 0.100. The van der Waals surface area contributed by atoms with Gasteiger partial charge in [0.05, 0.1) is 6.26 Å². The maximum Gasteiger partial charge on any atom is 0.280 e. The van der Waals surface area contributed by atoms with Crippen LogP contribution in [0.1, 0.15) is 15.9 Å². The summed E-state index contributed by atoms with van der Waals surface area (Å²) in [4.78, 5) is 15.2. The Hall–Kier alpha value is -2.23. The van der Waals surface area contributed by atoms with Crippen LogP contribution in [0, 0.1) is 6.92 Å². The molecule has 0 saturated carbocycles. The van der Waals surface area contributed by atoms with E-state index >= 15 is 0 Å². The van der Waals surface area contributed by atoms with E-state index in [0.717, 1.165) is 11.1 Å². The van der Waals surface area contributed by atoms with Gasteiger partial charge in [-0.3, -0.25) is 9.35 Å². The highest BCUT2D eigenvalue weighted by atomic mass is 32.2. The van der Waals surface area contributed by atoms with Gasteiger partial charge in [0.25, 0.3) is 16.0 Å². The summed E-state index contributed by atoms with van der Waals surface area (Å²) in [5.41, 5.74) is 14.2. The van der Waals surface area contributed by atoms with Crippen LogP contribution in [0.25, 0.3) is 11.1 Å². The van der Waals surface area contributed by atoms with Crippen molar-refractivity contribution in [2.24, 2.45) is 16.5 Å². The third-order valence-corrected chi connectivity index (χ3v) is 3.37. The molecule has 0 radical (unpaired) electrons. The summed E-state index contributed by atoms with van der Waals surface area (Å²) in [5, 5.41) is 4.12. The molecular weight excluding hydrogens is 338 g/mol. The van der Waals surface area contributed by atoms with Crippen molar-refractivity contribution in [2.45, 2.75) is 6.92 Å². The first-order valence-corrected chi connectivity index (χ1v) is 9.06. The summed E-state index contributed by atoms with van der Waals surface area (Å²) in [5.74, 6) is -0.651. The van der Waals surface area contributed by atoms with Crippen LogP contribution in [0.5, 0.6) is 0 Å². The molecule has 0 spiro atoms. The number of benzene rings is 1. The monoisotopic (exact) mass is 355 g/mol. The molecule has 2 aromatic rings. The summed E-state index contributed by atoms with van der Waals surface area (Å²) < 4.78 is 25.9. The fourth-order valence-corrected chi connectivity index (χ4v) is 2.52. The van der Waals surface area contributed by atoms with Gasteiger partial charge in [-0.15, -0.1) is 0 Å². The molecule has 5 N–H and O–H groups in total. The molecular formula is C14H17N3O4S2. The molecule has 0 bridgehead atoms. The quantitative estimate of drug-likeness (QED) is 0.425. The molecule has 1 amide bonds. The van der Waals surface area contributed by atoms with Crippen molar-refractivity contribution in [3.8, 4) is 11.1 Å². The lowest BCUT2D eigenvalue weighted by Gasteiger charge is -2.02. The van der Waals surface area contributed by atoms with Crippen molar-refractivity contribution in [2.75, 3.05) is 6.26 Å². The standard InChI is InChI=1S/C13H13N3OS.CH4O3S/c1-8-6-18-7-11(8)9-3-2-4-10(5-9)12(17)16-13(14)15;1-5(2,3)4/h2-7H,1H3,(H4,14,15,16,17);1H3,(H,2,3,4). The normalized spacial score (nSPS) is 10.4. The highest BCUT2D eigenvalue weighted by Crippen LogP contribution is 2.27. The van der Waals surface area contributed by atoms with Crippen molar-refractivity contribution in [3.63, 3.8) is 0 Å². The Morgan fingerprint density at radius 2 is 1.87 bits per heavy atom. The molecule has 0 aliphatic rings. The van der Waals surface area contributed by atoms with Crippen LogP contribution >= 0.6 is 11.3 Å². The molecule has 0 aliphatic heterocycles. The SMILES string of the molecule is CS(=O)(=O)O.Cc1cscc1-c1cccc(C(=O)N=C(N)N)c1. The molecule has 7 nitrogen and oxygen atoms in total. The molecule has 0 atom stereocenters. The number of carbonyl (C=O) groups excluding carboxylic acids is 1. The third-order valence-electron chi connectivity index (χ3n) is 2.51. The van der Waals surface area contributed by atoms with Gasteiger partial charge in [-0.05, 0) is 46.5 Å². The van der Waals surface area contributed by atoms with Crippen molar-refractivity contribution in [1.29, 1.82) is 0 Å². The van der Waals surface area contributed by atoms with Crippen LogP contribution in [0.2, 0.25) is 0 Å². The van der Waals surface area contributed by atoms with Crippen LogP contribution in [0.15, 0.2) is 40.0 Å². The summed E-state index contributed by atoms with van der Waals surface area (Å²) >= 11 is 1.63. The minimum absolute atomic E-state index is 0.225. The van der Waals surface area contributed by atoms with Crippen LogP contribution in [0.4, 0.5) is 0 Å². The average molecular weight is 355 g/mol. The van der Waals surface area contributed by atoms with Gasteiger partial charge in [0, 0.05) is 5.56 Å². The Balaban J connectivity index is 0.000000463. The van der Waals surface area contributed by atoms with E-state index in [0.29, 0.717) is 11.8 Å². The zero-order chi connectivity index (χ0) is 17.6. The Morgan fingerprint density at radius 1 is 1.26 bits per heavy atom.